The molecule has 40 heavy (non-hydrogen) atoms. The largest absolute Gasteiger partial charge is 0.475 e. The van der Waals surface area contributed by atoms with E-state index < -0.39 is 10.0 Å². The number of carbonyl (C=O) groups is 1. The highest BCUT2D eigenvalue weighted by molar-refractivity contribution is 7.92. The smallest absolute Gasteiger partial charge is 0.264 e. The Kier molecular flexibility index (Phi) is 9.42. The number of methoxy groups -OCH3 is 1. The number of hydrogen-bond acceptors (Lipinski definition) is 7. The summed E-state index contributed by atoms with van der Waals surface area (Å²) < 4.78 is 40.8. The molecule has 1 aromatic heterocycles. The molecule has 4 rings (SSSR count). The molecule has 2 heterocycles. The van der Waals surface area contributed by atoms with E-state index in [1.807, 2.05) is 32.0 Å². The summed E-state index contributed by atoms with van der Waals surface area (Å²) in [5, 5.41) is 0. The predicted molar refractivity (Wildman–Crippen MR) is 155 cm³/mol. The fourth-order valence-electron chi connectivity index (χ4n) is 5.02. The van der Waals surface area contributed by atoms with Crippen molar-refractivity contribution in [3.63, 3.8) is 0 Å². The zero-order chi connectivity index (χ0) is 28.9. The number of aryl methyl sites for hydroxylation is 2. The number of benzene rings is 2. The van der Waals surface area contributed by atoms with Crippen LogP contribution in [0.1, 0.15) is 54.6 Å². The van der Waals surface area contributed by atoms with Gasteiger partial charge in [0.25, 0.3) is 15.9 Å². The van der Waals surface area contributed by atoms with Crippen LogP contribution in [0.2, 0.25) is 0 Å². The van der Waals surface area contributed by atoms with E-state index in [9.17, 15) is 13.2 Å². The van der Waals surface area contributed by atoms with E-state index in [1.54, 1.807) is 30.2 Å². The molecule has 9 nitrogen and oxygen atoms in total. The second-order valence-corrected chi connectivity index (χ2v) is 12.3. The molecule has 0 fully saturated rings. The van der Waals surface area contributed by atoms with E-state index in [2.05, 4.69) is 28.5 Å². The highest BCUT2D eigenvalue weighted by Gasteiger charge is 2.28. The van der Waals surface area contributed by atoms with E-state index >= 15 is 0 Å². The Morgan fingerprint density at radius 2 is 1.80 bits per heavy atom. The summed E-state index contributed by atoms with van der Waals surface area (Å²) in [7, 11) is -2.44. The van der Waals surface area contributed by atoms with Gasteiger partial charge in [-0.25, -0.2) is 18.1 Å². The fraction of sp³-hybridized carbons (Fsp3) is 0.433. The zero-order valence-corrected chi connectivity index (χ0v) is 24.6. The number of amides is 1. The van der Waals surface area contributed by atoms with Gasteiger partial charge in [-0.1, -0.05) is 38.1 Å². The predicted octanol–water partition coefficient (Wildman–Crippen LogP) is 5.24. The number of hydrogen-bond donors (Lipinski definition) is 1. The molecule has 1 aliphatic rings. The molecule has 4 bridgehead atoms. The summed E-state index contributed by atoms with van der Waals surface area (Å²) in [6.07, 6.45) is 2.23. The Balaban J connectivity index is 1.85. The van der Waals surface area contributed by atoms with Gasteiger partial charge in [-0.15, -0.1) is 0 Å². The van der Waals surface area contributed by atoms with Gasteiger partial charge in [0.05, 0.1) is 16.6 Å². The third-order valence-corrected chi connectivity index (χ3v) is 8.25. The molecule has 0 spiro atoms. The van der Waals surface area contributed by atoms with Crippen molar-refractivity contribution in [3.8, 4) is 17.1 Å². The molecule has 10 heteroatoms. The van der Waals surface area contributed by atoms with E-state index in [0.717, 1.165) is 29.5 Å². The van der Waals surface area contributed by atoms with Crippen LogP contribution in [-0.4, -0.2) is 62.1 Å². The Bertz CT molecular complexity index is 1440. The molecule has 3 aromatic rings. The van der Waals surface area contributed by atoms with Crippen molar-refractivity contribution in [1.82, 2.24) is 14.9 Å². The number of rotatable bonds is 8. The third-order valence-electron chi connectivity index (χ3n) is 6.92. The van der Waals surface area contributed by atoms with E-state index in [0.29, 0.717) is 30.8 Å². The normalized spacial score (nSPS) is 16.9. The van der Waals surface area contributed by atoms with Gasteiger partial charge in [0.1, 0.15) is 6.61 Å². The van der Waals surface area contributed by atoms with Crippen molar-refractivity contribution in [3.05, 3.63) is 65.2 Å². The topological polar surface area (TPSA) is 111 Å². The van der Waals surface area contributed by atoms with Gasteiger partial charge < -0.3 is 14.4 Å². The lowest BCUT2D eigenvalue weighted by molar-refractivity contribution is 0.0564. The van der Waals surface area contributed by atoms with Crippen molar-refractivity contribution in [2.75, 3.05) is 31.6 Å². The summed E-state index contributed by atoms with van der Waals surface area (Å²) >= 11 is 0. The molecule has 1 aliphatic heterocycles. The average molecular weight is 567 g/mol. The molecule has 0 saturated heterocycles. The van der Waals surface area contributed by atoms with Gasteiger partial charge in [0.2, 0.25) is 11.8 Å². The molecule has 0 saturated carbocycles. The number of nitrogens with one attached hydrogen (secondary N) is 1. The second kappa shape index (κ2) is 12.8. The molecule has 0 unspecified atom stereocenters. The van der Waals surface area contributed by atoms with Crippen molar-refractivity contribution >= 4 is 21.9 Å². The second-order valence-electron chi connectivity index (χ2n) is 10.6. The third kappa shape index (κ3) is 6.98. The Labute approximate surface area is 237 Å². The molecule has 0 aliphatic carbocycles. The van der Waals surface area contributed by atoms with Crippen LogP contribution in [0.4, 0.5) is 5.95 Å². The van der Waals surface area contributed by atoms with E-state index in [-0.39, 0.29) is 41.2 Å². The quantitative estimate of drug-likeness (QED) is 0.371. The van der Waals surface area contributed by atoms with Crippen LogP contribution in [0, 0.1) is 19.8 Å². The van der Waals surface area contributed by atoms with Crippen LogP contribution in [0.3, 0.4) is 0 Å². The maximum Gasteiger partial charge on any atom is 0.264 e. The minimum Gasteiger partial charge on any atom is -0.475 e. The van der Waals surface area contributed by atoms with Crippen LogP contribution < -0.4 is 9.46 Å². The fourth-order valence-corrected chi connectivity index (χ4v) is 6.01. The van der Waals surface area contributed by atoms with Gasteiger partial charge in [-0.05, 0) is 68.4 Å². The highest BCUT2D eigenvalue weighted by Crippen LogP contribution is 2.30. The summed E-state index contributed by atoms with van der Waals surface area (Å²) in [4.78, 5) is 24.6. The van der Waals surface area contributed by atoms with Crippen LogP contribution in [0.5, 0.6) is 5.88 Å². The first-order chi connectivity index (χ1) is 19.1. The average Bonchev–Trinajstić information content (AvgIpc) is 2.90. The number of anilines is 1. The van der Waals surface area contributed by atoms with Gasteiger partial charge in [0, 0.05) is 37.5 Å². The molecule has 2 aromatic carbocycles. The molecular formula is C30H38N4O5S. The maximum atomic E-state index is 13.9. The number of fused-ring (bicyclic) bond motifs is 4. The van der Waals surface area contributed by atoms with Gasteiger partial charge in [-0.3, -0.25) is 4.79 Å². The lowest BCUT2D eigenvalue weighted by Gasteiger charge is -2.33. The van der Waals surface area contributed by atoms with Crippen LogP contribution >= 0.6 is 0 Å². The van der Waals surface area contributed by atoms with Crippen LogP contribution in [0.25, 0.3) is 11.3 Å². The first-order valence-corrected chi connectivity index (χ1v) is 15.1. The first-order valence-electron chi connectivity index (χ1n) is 13.6. The Morgan fingerprint density at radius 3 is 2.50 bits per heavy atom. The monoisotopic (exact) mass is 566 g/mol. The van der Waals surface area contributed by atoms with Gasteiger partial charge in [0.15, 0.2) is 0 Å². The molecular weight excluding hydrogens is 528 g/mol. The number of nitrogens with zero attached hydrogens (tertiary/aromatic N) is 3. The minimum atomic E-state index is -4.09. The summed E-state index contributed by atoms with van der Waals surface area (Å²) in [6, 6.07) is 13.5. The highest BCUT2D eigenvalue weighted by atomic mass is 32.2. The molecule has 1 atom stereocenters. The number of ether oxygens (including phenoxy) is 2. The minimum absolute atomic E-state index is 0.0408. The summed E-state index contributed by atoms with van der Waals surface area (Å²) in [5.41, 5.74) is 3.72. The maximum absolute atomic E-state index is 13.9. The Hall–Kier alpha value is -3.50. The SMILES string of the molecule is COCCCCN1C(=O)c2cccc(c2)S(=O)(=O)Nc2nc(cc(-c3c(C)cccc3C)n2)OC[C@H]1CC(C)C. The standard InChI is InChI=1S/C30H38N4O5S/c1-20(2)16-24-19-39-27-18-26(28-21(3)10-8-11-22(28)4)31-30(32-27)33-40(36,37)25-13-9-12-23(17-25)29(35)34(24)14-6-7-15-38-5/h8-13,17-18,20,24H,6-7,14-16,19H2,1-5H3,(H,31,32,33)/t24-/m1/s1. The van der Waals surface area contributed by atoms with Crippen LogP contribution in [0.15, 0.2) is 53.4 Å². The summed E-state index contributed by atoms with van der Waals surface area (Å²) in [5.74, 6) is 0.190. The number of aromatic nitrogens is 2. The first kappa shape index (κ1) is 29.5. The molecule has 1 amide bonds. The van der Waals surface area contributed by atoms with Crippen molar-refractivity contribution < 1.29 is 22.7 Å². The number of unbranched alkanes of at least 4 members (excludes halogenated alkanes) is 1. The van der Waals surface area contributed by atoms with Crippen LogP contribution in [-0.2, 0) is 14.8 Å². The number of carbonyl (C=O) groups excluding carboxylic acids is 1. The lowest BCUT2D eigenvalue weighted by Crippen LogP contribution is -2.45. The molecule has 0 radical (unpaired) electrons. The lowest BCUT2D eigenvalue weighted by atomic mass is 10.00. The van der Waals surface area contributed by atoms with Crippen molar-refractivity contribution in [2.24, 2.45) is 5.92 Å². The summed E-state index contributed by atoms with van der Waals surface area (Å²) in [6.45, 7) is 9.45. The number of sulfonamides is 1. The van der Waals surface area contributed by atoms with E-state index in [4.69, 9.17) is 9.47 Å². The van der Waals surface area contributed by atoms with Gasteiger partial charge >= 0.3 is 0 Å². The Morgan fingerprint density at radius 1 is 1.07 bits per heavy atom. The molecule has 1 N–H and O–H groups in total. The molecule has 214 valence electrons. The van der Waals surface area contributed by atoms with Gasteiger partial charge in [-0.2, -0.15) is 4.98 Å². The van der Waals surface area contributed by atoms with Crippen molar-refractivity contribution in [2.45, 2.75) is 57.9 Å². The zero-order valence-electron chi connectivity index (χ0n) is 23.8. The van der Waals surface area contributed by atoms with Crippen molar-refractivity contribution in [1.29, 1.82) is 0 Å². The van der Waals surface area contributed by atoms with E-state index in [1.165, 1.54) is 12.1 Å².